The van der Waals surface area contributed by atoms with Gasteiger partial charge in [0.05, 0.1) is 10.9 Å². The molecule has 0 saturated heterocycles. The molecule has 0 bridgehead atoms. The Morgan fingerprint density at radius 2 is 1.92 bits per heavy atom. The molecule has 0 radical (unpaired) electrons. The largest absolute Gasteiger partial charge is 0.354 e. The average molecular weight is 350 g/mol. The molecule has 1 aliphatic carbocycles. The van der Waals surface area contributed by atoms with Crippen LogP contribution in [0.1, 0.15) is 44.6 Å². The smallest absolute Gasteiger partial charge is 0.241 e. The average Bonchev–Trinajstić information content (AvgIpc) is 2.55. The second kappa shape index (κ2) is 8.44. The van der Waals surface area contributed by atoms with Gasteiger partial charge in [0.2, 0.25) is 15.9 Å². The van der Waals surface area contributed by atoms with Crippen LogP contribution < -0.4 is 10.0 Å². The SMILES string of the molecule is Cc1ccc(S(=O)(=O)NC(C)C(=O)NCCC2=CCCCC2)cc1. The molecule has 2 rings (SSSR count). The molecule has 0 fully saturated rings. The minimum Gasteiger partial charge on any atom is -0.354 e. The third-order valence-corrected chi connectivity index (χ3v) is 5.74. The predicted molar refractivity (Wildman–Crippen MR) is 95.1 cm³/mol. The lowest BCUT2D eigenvalue weighted by atomic mass is 9.97. The van der Waals surface area contributed by atoms with Crippen molar-refractivity contribution in [1.29, 1.82) is 0 Å². The number of hydrogen-bond donors (Lipinski definition) is 2. The molecular formula is C18H26N2O3S. The maximum Gasteiger partial charge on any atom is 0.241 e. The molecule has 1 aliphatic rings. The standard InChI is InChI=1S/C18H26N2O3S/c1-14-8-10-17(11-9-14)24(22,23)20-15(2)18(21)19-13-12-16-6-4-3-5-7-16/h6,8-11,15,20H,3-5,7,12-13H2,1-2H3,(H,19,21). The lowest BCUT2D eigenvalue weighted by Crippen LogP contribution is -2.45. The van der Waals surface area contributed by atoms with Gasteiger partial charge in [-0.05, 0) is 58.1 Å². The second-order valence-electron chi connectivity index (χ2n) is 6.31. The van der Waals surface area contributed by atoms with Crippen LogP contribution in [-0.2, 0) is 14.8 Å². The Morgan fingerprint density at radius 3 is 2.54 bits per heavy atom. The van der Waals surface area contributed by atoms with E-state index in [-0.39, 0.29) is 10.8 Å². The highest BCUT2D eigenvalue weighted by atomic mass is 32.2. The quantitative estimate of drug-likeness (QED) is 0.743. The summed E-state index contributed by atoms with van der Waals surface area (Å²) in [6, 6.07) is 5.74. The molecule has 0 heterocycles. The van der Waals surface area contributed by atoms with Crippen molar-refractivity contribution in [2.24, 2.45) is 0 Å². The number of nitrogens with one attached hydrogen (secondary N) is 2. The van der Waals surface area contributed by atoms with E-state index in [4.69, 9.17) is 0 Å². The van der Waals surface area contributed by atoms with Gasteiger partial charge < -0.3 is 5.32 Å². The highest BCUT2D eigenvalue weighted by molar-refractivity contribution is 7.89. The fraction of sp³-hybridized carbons (Fsp3) is 0.500. The van der Waals surface area contributed by atoms with E-state index in [1.165, 1.54) is 30.5 Å². The Morgan fingerprint density at radius 1 is 1.21 bits per heavy atom. The highest BCUT2D eigenvalue weighted by Crippen LogP contribution is 2.19. The summed E-state index contributed by atoms with van der Waals surface area (Å²) < 4.78 is 27.0. The van der Waals surface area contributed by atoms with Gasteiger partial charge in [0.25, 0.3) is 0 Å². The first-order valence-electron chi connectivity index (χ1n) is 8.43. The van der Waals surface area contributed by atoms with Crippen LogP contribution in [0.15, 0.2) is 40.8 Å². The molecule has 0 spiro atoms. The molecule has 6 heteroatoms. The van der Waals surface area contributed by atoms with Gasteiger partial charge in [-0.3, -0.25) is 4.79 Å². The number of carbonyl (C=O) groups excluding carboxylic acids is 1. The van der Waals surface area contributed by atoms with Crippen molar-refractivity contribution in [2.45, 2.75) is 56.9 Å². The summed E-state index contributed by atoms with van der Waals surface area (Å²) in [4.78, 5) is 12.3. The zero-order valence-corrected chi connectivity index (χ0v) is 15.2. The van der Waals surface area contributed by atoms with Gasteiger partial charge in [0.15, 0.2) is 0 Å². The molecule has 132 valence electrons. The van der Waals surface area contributed by atoms with Gasteiger partial charge in [-0.25, -0.2) is 8.42 Å². The summed E-state index contributed by atoms with van der Waals surface area (Å²) in [5.41, 5.74) is 2.37. The summed E-state index contributed by atoms with van der Waals surface area (Å²) in [5, 5.41) is 2.81. The fourth-order valence-electron chi connectivity index (χ4n) is 2.70. The van der Waals surface area contributed by atoms with Gasteiger partial charge >= 0.3 is 0 Å². The minimum atomic E-state index is -3.69. The highest BCUT2D eigenvalue weighted by Gasteiger charge is 2.21. The molecule has 1 amide bonds. The molecular weight excluding hydrogens is 324 g/mol. The van der Waals surface area contributed by atoms with E-state index in [0.717, 1.165) is 24.8 Å². The van der Waals surface area contributed by atoms with Crippen molar-refractivity contribution in [2.75, 3.05) is 6.54 Å². The van der Waals surface area contributed by atoms with Gasteiger partial charge in [-0.2, -0.15) is 4.72 Å². The lowest BCUT2D eigenvalue weighted by Gasteiger charge is -2.16. The van der Waals surface area contributed by atoms with Crippen molar-refractivity contribution in [3.63, 3.8) is 0 Å². The third kappa shape index (κ3) is 5.46. The van der Waals surface area contributed by atoms with Crippen LogP contribution in [0.4, 0.5) is 0 Å². The Kier molecular flexibility index (Phi) is 6.57. The molecule has 24 heavy (non-hydrogen) atoms. The number of benzene rings is 1. The number of amides is 1. The Balaban J connectivity index is 1.84. The summed E-state index contributed by atoms with van der Waals surface area (Å²) in [7, 11) is -3.69. The number of allylic oxidation sites excluding steroid dienone is 1. The molecule has 1 aromatic carbocycles. The monoisotopic (exact) mass is 350 g/mol. The first kappa shape index (κ1) is 18.7. The summed E-state index contributed by atoms with van der Waals surface area (Å²) in [5.74, 6) is -0.304. The van der Waals surface area contributed by atoms with Crippen LogP contribution in [0.2, 0.25) is 0 Å². The van der Waals surface area contributed by atoms with Crippen LogP contribution in [0.5, 0.6) is 0 Å². The number of rotatable bonds is 7. The molecule has 0 saturated carbocycles. The minimum absolute atomic E-state index is 0.167. The number of hydrogen-bond acceptors (Lipinski definition) is 3. The summed E-state index contributed by atoms with van der Waals surface area (Å²) >= 11 is 0. The van der Waals surface area contributed by atoms with Crippen LogP contribution in [-0.4, -0.2) is 26.9 Å². The third-order valence-electron chi connectivity index (χ3n) is 4.19. The lowest BCUT2D eigenvalue weighted by molar-refractivity contribution is -0.122. The van der Waals surface area contributed by atoms with Crippen LogP contribution >= 0.6 is 0 Å². The van der Waals surface area contributed by atoms with Gasteiger partial charge in [-0.15, -0.1) is 0 Å². The maximum atomic E-state index is 12.3. The molecule has 2 N–H and O–H groups in total. The van der Waals surface area contributed by atoms with E-state index in [1.807, 2.05) is 6.92 Å². The topological polar surface area (TPSA) is 75.3 Å². The Labute approximate surface area is 144 Å². The van der Waals surface area contributed by atoms with E-state index >= 15 is 0 Å². The molecule has 1 unspecified atom stereocenters. The first-order chi connectivity index (χ1) is 11.4. The van der Waals surface area contributed by atoms with Crippen molar-refractivity contribution >= 4 is 15.9 Å². The van der Waals surface area contributed by atoms with E-state index < -0.39 is 16.1 Å². The normalized spacial score (nSPS) is 16.3. The van der Waals surface area contributed by atoms with E-state index in [2.05, 4.69) is 16.1 Å². The van der Waals surface area contributed by atoms with Crippen molar-refractivity contribution in [1.82, 2.24) is 10.0 Å². The molecule has 0 aromatic heterocycles. The summed E-state index contributed by atoms with van der Waals surface area (Å²) in [6.07, 6.45) is 7.77. The van der Waals surface area contributed by atoms with Crippen LogP contribution in [0.3, 0.4) is 0 Å². The van der Waals surface area contributed by atoms with E-state index in [9.17, 15) is 13.2 Å². The fourth-order valence-corrected chi connectivity index (χ4v) is 3.91. The Bertz CT molecular complexity index is 693. The predicted octanol–water partition coefficient (Wildman–Crippen LogP) is 2.67. The molecule has 1 atom stereocenters. The second-order valence-corrected chi connectivity index (χ2v) is 8.02. The van der Waals surface area contributed by atoms with Crippen LogP contribution in [0, 0.1) is 6.92 Å². The molecule has 5 nitrogen and oxygen atoms in total. The van der Waals surface area contributed by atoms with Crippen molar-refractivity contribution < 1.29 is 13.2 Å². The van der Waals surface area contributed by atoms with Gasteiger partial charge in [0, 0.05) is 6.54 Å². The number of sulfonamides is 1. The van der Waals surface area contributed by atoms with Crippen molar-refractivity contribution in [3.8, 4) is 0 Å². The Hall–Kier alpha value is -1.66. The molecule has 0 aliphatic heterocycles. The van der Waals surface area contributed by atoms with Crippen molar-refractivity contribution in [3.05, 3.63) is 41.5 Å². The van der Waals surface area contributed by atoms with E-state index in [0.29, 0.717) is 6.54 Å². The molecule has 1 aromatic rings. The van der Waals surface area contributed by atoms with Crippen LogP contribution in [0.25, 0.3) is 0 Å². The maximum absolute atomic E-state index is 12.3. The number of aryl methyl sites for hydroxylation is 1. The summed E-state index contributed by atoms with van der Waals surface area (Å²) in [6.45, 7) is 3.99. The first-order valence-corrected chi connectivity index (χ1v) is 9.91. The van der Waals surface area contributed by atoms with Gasteiger partial charge in [-0.1, -0.05) is 29.3 Å². The zero-order chi connectivity index (χ0) is 17.6. The van der Waals surface area contributed by atoms with Gasteiger partial charge in [0.1, 0.15) is 0 Å². The van der Waals surface area contributed by atoms with E-state index in [1.54, 1.807) is 19.1 Å². The number of carbonyl (C=O) groups is 1. The zero-order valence-electron chi connectivity index (χ0n) is 14.3.